The van der Waals surface area contributed by atoms with Crippen molar-refractivity contribution in [3.8, 4) is 0 Å². The van der Waals surface area contributed by atoms with Gasteiger partial charge in [-0.25, -0.2) is 0 Å². The number of hydrogen-bond acceptors (Lipinski definition) is 3. The Bertz CT molecular complexity index is 582. The normalized spacial score (nSPS) is 24.8. The number of carbonyl (C=O) groups is 2. The molecule has 1 saturated carbocycles. The Labute approximate surface area is 150 Å². The third-order valence-corrected chi connectivity index (χ3v) is 5.51. The van der Waals surface area contributed by atoms with E-state index in [-0.39, 0.29) is 11.8 Å². The van der Waals surface area contributed by atoms with Crippen molar-refractivity contribution in [2.75, 3.05) is 32.7 Å². The lowest BCUT2D eigenvalue weighted by molar-refractivity contribution is -0.123. The van der Waals surface area contributed by atoms with Gasteiger partial charge in [-0.05, 0) is 30.9 Å². The van der Waals surface area contributed by atoms with Crippen molar-refractivity contribution >= 4 is 11.8 Å². The Balaban J connectivity index is 1.43. The number of rotatable bonds is 4. The van der Waals surface area contributed by atoms with Crippen LogP contribution in [0.1, 0.15) is 43.0 Å². The molecule has 1 aromatic rings. The van der Waals surface area contributed by atoms with E-state index in [1.54, 1.807) is 0 Å². The smallest absolute Gasteiger partial charge is 0.253 e. The summed E-state index contributed by atoms with van der Waals surface area (Å²) in [6, 6.07) is 9.74. The van der Waals surface area contributed by atoms with Gasteiger partial charge in [-0.15, -0.1) is 0 Å². The molecular formula is C20H29N3O2. The lowest BCUT2D eigenvalue weighted by Gasteiger charge is -2.35. The second kappa shape index (κ2) is 8.48. The molecule has 0 unspecified atom stereocenters. The Kier molecular flexibility index (Phi) is 6.08. The molecule has 25 heavy (non-hydrogen) atoms. The maximum atomic E-state index is 12.5. The zero-order valence-corrected chi connectivity index (χ0v) is 15.1. The van der Waals surface area contributed by atoms with Crippen LogP contribution in [-0.4, -0.2) is 60.4 Å². The summed E-state index contributed by atoms with van der Waals surface area (Å²) in [6.45, 7) is 5.55. The van der Waals surface area contributed by atoms with Gasteiger partial charge in [0.25, 0.3) is 5.91 Å². The minimum absolute atomic E-state index is 0.0840. The van der Waals surface area contributed by atoms with E-state index in [2.05, 4.69) is 17.1 Å². The number of carbonyl (C=O) groups excluding carboxylic acids is 2. The predicted octanol–water partition coefficient (Wildman–Crippen LogP) is 2.14. The largest absolute Gasteiger partial charge is 0.352 e. The lowest BCUT2D eigenvalue weighted by Crippen LogP contribution is -2.52. The first kappa shape index (κ1) is 17.9. The number of benzene rings is 1. The van der Waals surface area contributed by atoms with Gasteiger partial charge in [0.15, 0.2) is 0 Å². The third kappa shape index (κ3) is 4.82. The molecule has 1 aliphatic heterocycles. The molecule has 1 heterocycles. The molecule has 5 nitrogen and oxygen atoms in total. The molecule has 0 radical (unpaired) electrons. The second-order valence-electron chi connectivity index (χ2n) is 7.37. The average molecular weight is 343 g/mol. The molecule has 136 valence electrons. The van der Waals surface area contributed by atoms with E-state index in [0.29, 0.717) is 31.6 Å². The van der Waals surface area contributed by atoms with Crippen LogP contribution in [0.25, 0.3) is 0 Å². The monoisotopic (exact) mass is 343 g/mol. The number of nitrogens with one attached hydrogen (secondary N) is 1. The van der Waals surface area contributed by atoms with Crippen molar-refractivity contribution in [3.05, 3.63) is 35.9 Å². The summed E-state index contributed by atoms with van der Waals surface area (Å²) in [7, 11) is 0. The summed E-state index contributed by atoms with van der Waals surface area (Å²) in [5.41, 5.74) is 0.736. The van der Waals surface area contributed by atoms with Crippen LogP contribution in [0.2, 0.25) is 0 Å². The molecule has 0 spiro atoms. The van der Waals surface area contributed by atoms with Gasteiger partial charge in [-0.3, -0.25) is 14.5 Å². The predicted molar refractivity (Wildman–Crippen MR) is 98.3 cm³/mol. The number of hydrogen-bond donors (Lipinski definition) is 1. The summed E-state index contributed by atoms with van der Waals surface area (Å²) in [4.78, 5) is 28.8. The van der Waals surface area contributed by atoms with E-state index in [0.717, 1.165) is 25.1 Å². The third-order valence-electron chi connectivity index (χ3n) is 5.51. The van der Waals surface area contributed by atoms with Crippen molar-refractivity contribution in [2.24, 2.45) is 5.92 Å². The maximum Gasteiger partial charge on any atom is 0.253 e. The SMILES string of the molecule is C[C@H]1CCCC[C@H]1NC(=O)CN1CCN(C(=O)c2ccccc2)CC1. The van der Waals surface area contributed by atoms with Crippen LogP contribution in [-0.2, 0) is 4.79 Å². The standard InChI is InChI=1S/C20H29N3O2/c1-16-7-5-6-10-18(16)21-19(24)15-22-11-13-23(14-12-22)20(25)17-8-3-2-4-9-17/h2-4,8-9,16,18H,5-7,10-15H2,1H3,(H,21,24)/t16-,18+/m0/s1. The highest BCUT2D eigenvalue weighted by molar-refractivity contribution is 5.94. The van der Waals surface area contributed by atoms with Crippen molar-refractivity contribution in [1.29, 1.82) is 0 Å². The quantitative estimate of drug-likeness (QED) is 0.911. The number of nitrogens with zero attached hydrogens (tertiary/aromatic N) is 2. The first-order valence-electron chi connectivity index (χ1n) is 9.49. The van der Waals surface area contributed by atoms with Gasteiger partial charge in [0, 0.05) is 37.8 Å². The minimum atomic E-state index is 0.0840. The first-order chi connectivity index (χ1) is 12.1. The fourth-order valence-corrected chi connectivity index (χ4v) is 3.86. The Hall–Kier alpha value is -1.88. The maximum absolute atomic E-state index is 12.5. The highest BCUT2D eigenvalue weighted by Gasteiger charge is 2.26. The summed E-state index contributed by atoms with van der Waals surface area (Å²) >= 11 is 0. The van der Waals surface area contributed by atoms with Crippen LogP contribution in [0.5, 0.6) is 0 Å². The number of amides is 2. The molecule has 2 fully saturated rings. The molecule has 0 aromatic heterocycles. The van der Waals surface area contributed by atoms with Crippen LogP contribution < -0.4 is 5.32 Å². The van der Waals surface area contributed by atoms with Gasteiger partial charge < -0.3 is 10.2 Å². The van der Waals surface area contributed by atoms with Crippen molar-refractivity contribution < 1.29 is 9.59 Å². The van der Waals surface area contributed by atoms with Gasteiger partial charge in [0.2, 0.25) is 5.91 Å². The van der Waals surface area contributed by atoms with Crippen LogP contribution in [0.15, 0.2) is 30.3 Å². The van der Waals surface area contributed by atoms with Crippen molar-refractivity contribution in [3.63, 3.8) is 0 Å². The number of piperazine rings is 1. The van der Waals surface area contributed by atoms with Crippen LogP contribution in [0.4, 0.5) is 0 Å². The van der Waals surface area contributed by atoms with Crippen LogP contribution >= 0.6 is 0 Å². The molecule has 1 aliphatic carbocycles. The van der Waals surface area contributed by atoms with Crippen molar-refractivity contribution in [2.45, 2.75) is 38.6 Å². The van der Waals surface area contributed by atoms with Crippen molar-refractivity contribution in [1.82, 2.24) is 15.1 Å². The fraction of sp³-hybridized carbons (Fsp3) is 0.600. The Morgan fingerprint density at radius 2 is 1.72 bits per heavy atom. The highest BCUT2D eigenvalue weighted by Crippen LogP contribution is 2.23. The molecule has 2 atom stereocenters. The molecule has 0 bridgehead atoms. The van der Waals surface area contributed by atoms with E-state index in [4.69, 9.17) is 0 Å². The molecule has 1 N–H and O–H groups in total. The Morgan fingerprint density at radius 3 is 2.40 bits per heavy atom. The van der Waals surface area contributed by atoms with Gasteiger partial charge in [0.05, 0.1) is 6.54 Å². The highest BCUT2D eigenvalue weighted by atomic mass is 16.2. The van der Waals surface area contributed by atoms with E-state index in [1.807, 2.05) is 35.2 Å². The Morgan fingerprint density at radius 1 is 1.04 bits per heavy atom. The second-order valence-corrected chi connectivity index (χ2v) is 7.37. The van der Waals surface area contributed by atoms with Crippen LogP contribution in [0.3, 0.4) is 0 Å². The van der Waals surface area contributed by atoms with Gasteiger partial charge >= 0.3 is 0 Å². The summed E-state index contributed by atoms with van der Waals surface area (Å²) in [6.07, 6.45) is 4.82. The first-order valence-corrected chi connectivity index (χ1v) is 9.49. The zero-order chi connectivity index (χ0) is 17.6. The van der Waals surface area contributed by atoms with E-state index in [9.17, 15) is 9.59 Å². The molecular weight excluding hydrogens is 314 g/mol. The van der Waals surface area contributed by atoms with Gasteiger partial charge in [-0.1, -0.05) is 38.0 Å². The molecule has 1 aromatic carbocycles. The van der Waals surface area contributed by atoms with E-state index in [1.165, 1.54) is 19.3 Å². The summed E-state index contributed by atoms with van der Waals surface area (Å²) in [5.74, 6) is 0.792. The molecule has 3 rings (SSSR count). The minimum Gasteiger partial charge on any atom is -0.352 e. The summed E-state index contributed by atoms with van der Waals surface area (Å²) in [5, 5.41) is 3.21. The average Bonchev–Trinajstić information content (AvgIpc) is 2.64. The van der Waals surface area contributed by atoms with E-state index >= 15 is 0 Å². The fourth-order valence-electron chi connectivity index (χ4n) is 3.86. The molecule has 2 aliphatic rings. The van der Waals surface area contributed by atoms with Gasteiger partial charge in [-0.2, -0.15) is 0 Å². The molecule has 2 amide bonds. The molecule has 5 heteroatoms. The zero-order valence-electron chi connectivity index (χ0n) is 15.1. The van der Waals surface area contributed by atoms with E-state index < -0.39 is 0 Å². The topological polar surface area (TPSA) is 52.7 Å². The van der Waals surface area contributed by atoms with Gasteiger partial charge in [0.1, 0.15) is 0 Å². The summed E-state index contributed by atoms with van der Waals surface area (Å²) < 4.78 is 0. The lowest BCUT2D eigenvalue weighted by atomic mass is 9.86. The molecule has 1 saturated heterocycles. The van der Waals surface area contributed by atoms with Crippen LogP contribution in [0, 0.1) is 5.92 Å².